The lowest BCUT2D eigenvalue weighted by molar-refractivity contribution is -0.122. The predicted octanol–water partition coefficient (Wildman–Crippen LogP) is 2.59. The molecule has 0 aliphatic heterocycles. The van der Waals surface area contributed by atoms with Crippen molar-refractivity contribution in [1.82, 2.24) is 5.32 Å². The number of carbonyl (C=O) groups is 1. The van der Waals surface area contributed by atoms with Crippen molar-refractivity contribution in [3.05, 3.63) is 59.8 Å². The largest absolute Gasteiger partial charge is 0.469 e. The normalized spacial score (nSPS) is 13.7. The number of nitrogens with one attached hydrogen (secondary N) is 1. The molecule has 2 rings (SSSR count). The second kappa shape index (κ2) is 7.04. The molecule has 4 nitrogen and oxygen atoms in total. The van der Waals surface area contributed by atoms with Crippen molar-refractivity contribution in [2.45, 2.75) is 31.9 Å². The molecule has 0 spiro atoms. The second-order valence-corrected chi connectivity index (χ2v) is 4.93. The Kier molecular flexibility index (Phi) is 5.11. The molecular formula is C16H18FNO3. The number of aliphatic hydroxyl groups is 1. The lowest BCUT2D eigenvalue weighted by Gasteiger charge is -2.20. The maximum absolute atomic E-state index is 12.8. The number of halogens is 1. The Balaban J connectivity index is 1.83. The van der Waals surface area contributed by atoms with E-state index in [4.69, 9.17) is 4.42 Å². The zero-order chi connectivity index (χ0) is 15.2. The highest BCUT2D eigenvalue weighted by Gasteiger charge is 2.18. The molecule has 5 heteroatoms. The van der Waals surface area contributed by atoms with Gasteiger partial charge in [0.1, 0.15) is 11.6 Å². The maximum Gasteiger partial charge on any atom is 0.220 e. The molecule has 0 aliphatic carbocycles. The number of furan rings is 1. The zero-order valence-corrected chi connectivity index (χ0v) is 11.8. The molecule has 0 fully saturated rings. The Morgan fingerprint density at radius 3 is 2.67 bits per heavy atom. The minimum atomic E-state index is -0.877. The van der Waals surface area contributed by atoms with Gasteiger partial charge in [-0.15, -0.1) is 0 Å². The summed E-state index contributed by atoms with van der Waals surface area (Å²) in [5, 5.41) is 12.9. The highest BCUT2D eigenvalue weighted by Crippen LogP contribution is 2.17. The topological polar surface area (TPSA) is 62.5 Å². The average Bonchev–Trinajstić information content (AvgIpc) is 2.98. The van der Waals surface area contributed by atoms with Crippen molar-refractivity contribution >= 4 is 5.91 Å². The van der Waals surface area contributed by atoms with E-state index in [1.165, 1.54) is 24.3 Å². The molecule has 2 atom stereocenters. The number of amides is 1. The number of carbonyl (C=O) groups excluding carboxylic acids is 1. The molecule has 1 amide bonds. The molecule has 0 radical (unpaired) electrons. The van der Waals surface area contributed by atoms with Crippen LogP contribution in [0.5, 0.6) is 0 Å². The summed E-state index contributed by atoms with van der Waals surface area (Å²) in [6.07, 6.45) is 1.48. The van der Waals surface area contributed by atoms with Crippen molar-refractivity contribution in [2.24, 2.45) is 0 Å². The molecule has 21 heavy (non-hydrogen) atoms. The summed E-state index contributed by atoms with van der Waals surface area (Å²) >= 11 is 0. The van der Waals surface area contributed by atoms with E-state index in [-0.39, 0.29) is 18.1 Å². The van der Waals surface area contributed by atoms with Crippen LogP contribution in [0.15, 0.2) is 47.1 Å². The first-order chi connectivity index (χ1) is 10.1. The zero-order valence-electron chi connectivity index (χ0n) is 11.8. The number of benzene rings is 1. The minimum absolute atomic E-state index is 0.167. The van der Waals surface area contributed by atoms with Crippen LogP contribution in [-0.2, 0) is 11.2 Å². The van der Waals surface area contributed by atoms with E-state index in [1.54, 1.807) is 19.3 Å². The van der Waals surface area contributed by atoms with E-state index in [0.717, 1.165) is 5.76 Å². The van der Waals surface area contributed by atoms with Crippen LogP contribution in [0.4, 0.5) is 4.39 Å². The summed E-state index contributed by atoms with van der Waals surface area (Å²) in [5.74, 6) is 0.220. The third-order valence-corrected chi connectivity index (χ3v) is 3.25. The fourth-order valence-electron chi connectivity index (χ4n) is 2.05. The van der Waals surface area contributed by atoms with Gasteiger partial charge in [-0.05, 0) is 36.8 Å². The lowest BCUT2D eigenvalue weighted by atomic mass is 10.0. The van der Waals surface area contributed by atoms with E-state index >= 15 is 0 Å². The van der Waals surface area contributed by atoms with Crippen LogP contribution >= 0.6 is 0 Å². The van der Waals surface area contributed by atoms with Crippen molar-refractivity contribution in [1.29, 1.82) is 0 Å². The van der Waals surface area contributed by atoms with Crippen LogP contribution in [0.1, 0.15) is 30.8 Å². The lowest BCUT2D eigenvalue weighted by Crippen LogP contribution is -2.37. The van der Waals surface area contributed by atoms with Gasteiger partial charge < -0.3 is 14.8 Å². The van der Waals surface area contributed by atoms with Crippen molar-refractivity contribution in [2.75, 3.05) is 0 Å². The molecule has 0 bridgehead atoms. The number of hydrogen-bond acceptors (Lipinski definition) is 3. The molecule has 1 heterocycles. The molecule has 1 aromatic heterocycles. The summed E-state index contributed by atoms with van der Waals surface area (Å²) < 4.78 is 18.0. The van der Waals surface area contributed by atoms with Crippen LogP contribution < -0.4 is 5.32 Å². The highest BCUT2D eigenvalue weighted by molar-refractivity contribution is 5.76. The summed E-state index contributed by atoms with van der Waals surface area (Å²) in [6.45, 7) is 1.71. The average molecular weight is 291 g/mol. The molecule has 2 unspecified atom stereocenters. The third kappa shape index (κ3) is 4.43. The van der Waals surface area contributed by atoms with Crippen LogP contribution in [0.3, 0.4) is 0 Å². The Morgan fingerprint density at radius 2 is 2.05 bits per heavy atom. The number of aryl methyl sites for hydroxylation is 1. The summed E-state index contributed by atoms with van der Waals surface area (Å²) in [4.78, 5) is 11.8. The Labute approximate surface area is 122 Å². The molecule has 0 aliphatic rings. The first-order valence-electron chi connectivity index (χ1n) is 6.81. The van der Waals surface area contributed by atoms with Gasteiger partial charge >= 0.3 is 0 Å². The summed E-state index contributed by atoms with van der Waals surface area (Å²) in [5.41, 5.74) is 0.565. The SMILES string of the molecule is CC(NC(=O)CCc1ccco1)C(O)c1ccc(F)cc1. The molecule has 112 valence electrons. The van der Waals surface area contributed by atoms with Gasteiger partial charge in [-0.25, -0.2) is 4.39 Å². The van der Waals surface area contributed by atoms with Gasteiger partial charge in [0, 0.05) is 12.8 Å². The second-order valence-electron chi connectivity index (χ2n) is 4.93. The van der Waals surface area contributed by atoms with Gasteiger partial charge in [-0.1, -0.05) is 12.1 Å². The van der Waals surface area contributed by atoms with Gasteiger partial charge in [0.15, 0.2) is 0 Å². The van der Waals surface area contributed by atoms with Gasteiger partial charge in [-0.3, -0.25) is 4.79 Å². The molecule has 0 saturated carbocycles. The van der Waals surface area contributed by atoms with E-state index in [0.29, 0.717) is 12.0 Å². The van der Waals surface area contributed by atoms with E-state index in [2.05, 4.69) is 5.32 Å². The van der Waals surface area contributed by atoms with Crippen LogP contribution in [0, 0.1) is 5.82 Å². The number of aliphatic hydroxyl groups excluding tert-OH is 1. The first kappa shape index (κ1) is 15.3. The van der Waals surface area contributed by atoms with Crippen LogP contribution in [0.2, 0.25) is 0 Å². The first-order valence-corrected chi connectivity index (χ1v) is 6.81. The Morgan fingerprint density at radius 1 is 1.33 bits per heavy atom. The van der Waals surface area contributed by atoms with E-state index < -0.39 is 12.1 Å². The molecular weight excluding hydrogens is 273 g/mol. The fraction of sp³-hybridized carbons (Fsp3) is 0.312. The van der Waals surface area contributed by atoms with Gasteiger partial charge in [0.05, 0.1) is 18.4 Å². The maximum atomic E-state index is 12.8. The Bertz CT molecular complexity index is 566. The monoisotopic (exact) mass is 291 g/mol. The standard InChI is InChI=1S/C16H18FNO3/c1-11(16(20)12-4-6-13(17)7-5-12)18-15(19)9-8-14-3-2-10-21-14/h2-7,10-11,16,20H,8-9H2,1H3,(H,18,19). The molecule has 1 aromatic carbocycles. The van der Waals surface area contributed by atoms with E-state index in [9.17, 15) is 14.3 Å². The van der Waals surface area contributed by atoms with Gasteiger partial charge in [-0.2, -0.15) is 0 Å². The van der Waals surface area contributed by atoms with Gasteiger partial charge in [0.25, 0.3) is 0 Å². The molecule has 0 saturated heterocycles. The quantitative estimate of drug-likeness (QED) is 0.860. The third-order valence-electron chi connectivity index (χ3n) is 3.25. The van der Waals surface area contributed by atoms with Crippen LogP contribution in [0.25, 0.3) is 0 Å². The van der Waals surface area contributed by atoms with Crippen LogP contribution in [-0.4, -0.2) is 17.1 Å². The Hall–Kier alpha value is -2.14. The van der Waals surface area contributed by atoms with Crippen molar-refractivity contribution in [3.63, 3.8) is 0 Å². The number of hydrogen-bond donors (Lipinski definition) is 2. The van der Waals surface area contributed by atoms with Crippen molar-refractivity contribution < 1.29 is 18.7 Å². The highest BCUT2D eigenvalue weighted by atomic mass is 19.1. The van der Waals surface area contributed by atoms with Gasteiger partial charge in [0.2, 0.25) is 5.91 Å². The summed E-state index contributed by atoms with van der Waals surface area (Å²) in [6, 6.07) is 8.70. The number of rotatable bonds is 6. The van der Waals surface area contributed by atoms with Crippen molar-refractivity contribution in [3.8, 4) is 0 Å². The smallest absolute Gasteiger partial charge is 0.220 e. The molecule has 2 N–H and O–H groups in total. The van der Waals surface area contributed by atoms with E-state index in [1.807, 2.05) is 6.07 Å². The fourth-order valence-corrected chi connectivity index (χ4v) is 2.05. The minimum Gasteiger partial charge on any atom is -0.469 e. The molecule has 2 aromatic rings. The summed E-state index contributed by atoms with van der Waals surface area (Å²) in [7, 11) is 0. The predicted molar refractivity (Wildman–Crippen MR) is 76.0 cm³/mol.